The zero-order chi connectivity index (χ0) is 37.3. The summed E-state index contributed by atoms with van der Waals surface area (Å²) in [6, 6.07) is -0.536. The van der Waals surface area contributed by atoms with E-state index in [0.29, 0.717) is 58.3 Å². The van der Waals surface area contributed by atoms with Crippen LogP contribution in [-0.2, 0) is 28.7 Å². The molecule has 0 aromatic heterocycles. The second-order valence-electron chi connectivity index (χ2n) is 12.2. The molecule has 0 heterocycles. The first-order valence-corrected chi connectivity index (χ1v) is 20.4. The van der Waals surface area contributed by atoms with Gasteiger partial charge in [-0.3, -0.25) is 19.2 Å². The molecule has 8 nitrogen and oxygen atoms in total. The lowest BCUT2D eigenvalue weighted by Crippen LogP contribution is -2.46. The summed E-state index contributed by atoms with van der Waals surface area (Å²) in [6.45, 7) is 18.8. The minimum Gasteiger partial charge on any atom is -0.468 e. The molecular formula is C39H80N2O6S. The van der Waals surface area contributed by atoms with Crippen LogP contribution in [0, 0.1) is 11.8 Å². The van der Waals surface area contributed by atoms with Crippen molar-refractivity contribution in [1.82, 2.24) is 10.6 Å². The summed E-state index contributed by atoms with van der Waals surface area (Å²) in [6.07, 6.45) is 21.5. The molecule has 0 rings (SSSR count). The third kappa shape index (κ3) is 38.7. The highest BCUT2D eigenvalue weighted by atomic mass is 32.1. The van der Waals surface area contributed by atoms with E-state index in [1.807, 2.05) is 20.8 Å². The topological polar surface area (TPSA) is 111 Å². The first kappa shape index (κ1) is 53.0. The van der Waals surface area contributed by atoms with Crippen LogP contribution in [0.25, 0.3) is 0 Å². The van der Waals surface area contributed by atoms with Crippen LogP contribution in [0.15, 0.2) is 0 Å². The summed E-state index contributed by atoms with van der Waals surface area (Å²) < 4.78 is 10.1. The molecule has 0 bridgehead atoms. The average molecular weight is 705 g/mol. The molecule has 48 heavy (non-hydrogen) atoms. The fourth-order valence-electron chi connectivity index (χ4n) is 5.12. The number of carbonyl (C=O) groups excluding carboxylic acids is 4. The number of thiol groups is 1. The van der Waals surface area contributed by atoms with Crippen molar-refractivity contribution in [2.24, 2.45) is 11.8 Å². The smallest absolute Gasteiger partial charge is 0.308 e. The van der Waals surface area contributed by atoms with E-state index >= 15 is 0 Å². The largest absolute Gasteiger partial charge is 0.468 e. The van der Waals surface area contributed by atoms with E-state index in [2.05, 4.69) is 62.6 Å². The molecule has 0 aromatic rings. The maximum absolute atomic E-state index is 12.5. The van der Waals surface area contributed by atoms with Crippen LogP contribution in [0.4, 0.5) is 0 Å². The van der Waals surface area contributed by atoms with Crippen molar-refractivity contribution in [3.63, 3.8) is 0 Å². The molecule has 0 aromatic carbocycles. The van der Waals surface area contributed by atoms with Gasteiger partial charge in [-0.05, 0) is 63.5 Å². The Morgan fingerprint density at radius 2 is 1.25 bits per heavy atom. The molecule has 2 N–H and O–H groups in total. The zero-order valence-corrected chi connectivity index (χ0v) is 33.9. The monoisotopic (exact) mass is 705 g/mol. The van der Waals surface area contributed by atoms with Crippen LogP contribution < -0.4 is 10.6 Å². The van der Waals surface area contributed by atoms with Gasteiger partial charge in [0, 0.05) is 13.0 Å². The van der Waals surface area contributed by atoms with Crippen molar-refractivity contribution in [3.8, 4) is 0 Å². The molecule has 0 aliphatic carbocycles. The average Bonchev–Trinajstić information content (AvgIpc) is 3.09. The number of hydrogen-bond acceptors (Lipinski definition) is 7. The van der Waals surface area contributed by atoms with Crippen molar-refractivity contribution in [1.29, 1.82) is 0 Å². The Morgan fingerprint density at radius 1 is 0.667 bits per heavy atom. The van der Waals surface area contributed by atoms with Crippen molar-refractivity contribution in [2.45, 2.75) is 190 Å². The Bertz CT molecular complexity index is 695. The minimum atomic E-state index is -0.536. The predicted molar refractivity (Wildman–Crippen MR) is 208 cm³/mol. The van der Waals surface area contributed by atoms with Gasteiger partial charge in [0.15, 0.2) is 0 Å². The zero-order valence-electron chi connectivity index (χ0n) is 33.0. The minimum absolute atomic E-state index is 0.000607. The molecule has 0 aliphatic heterocycles. The molecule has 0 spiro atoms. The van der Waals surface area contributed by atoms with E-state index in [4.69, 9.17) is 4.74 Å². The number of unbranched alkanes of at least 4 members (excludes halogenated alkanes) is 7. The van der Waals surface area contributed by atoms with Gasteiger partial charge in [0.2, 0.25) is 11.8 Å². The number of ether oxygens (including phenoxy) is 2. The lowest BCUT2D eigenvalue weighted by atomic mass is 9.97. The molecule has 3 atom stereocenters. The Hall–Kier alpha value is -1.77. The van der Waals surface area contributed by atoms with E-state index in [-0.39, 0.29) is 23.7 Å². The predicted octanol–water partition coefficient (Wildman–Crippen LogP) is 10.0. The van der Waals surface area contributed by atoms with Gasteiger partial charge >= 0.3 is 5.97 Å². The summed E-state index contributed by atoms with van der Waals surface area (Å²) in [7, 11) is 0. The Labute approximate surface area is 303 Å². The van der Waals surface area contributed by atoms with Gasteiger partial charge in [-0.2, -0.15) is 12.6 Å². The van der Waals surface area contributed by atoms with E-state index < -0.39 is 6.04 Å². The maximum Gasteiger partial charge on any atom is 0.308 e. The number of carbonyl (C=O) groups is 4. The molecule has 9 heteroatoms. The third-order valence-corrected chi connectivity index (χ3v) is 7.79. The van der Waals surface area contributed by atoms with Crippen molar-refractivity contribution in [3.05, 3.63) is 0 Å². The summed E-state index contributed by atoms with van der Waals surface area (Å²) in [4.78, 5) is 47.1. The lowest BCUT2D eigenvalue weighted by Gasteiger charge is -2.18. The summed E-state index contributed by atoms with van der Waals surface area (Å²) in [5, 5.41) is 5.71. The van der Waals surface area contributed by atoms with Gasteiger partial charge in [-0.25, -0.2) is 0 Å². The molecule has 0 saturated heterocycles. The van der Waals surface area contributed by atoms with Crippen LogP contribution in [0.3, 0.4) is 0 Å². The van der Waals surface area contributed by atoms with Gasteiger partial charge in [0.1, 0.15) is 6.04 Å². The van der Waals surface area contributed by atoms with E-state index in [1.54, 1.807) is 6.26 Å². The first-order chi connectivity index (χ1) is 23.3. The maximum atomic E-state index is 12.5. The molecule has 3 unspecified atom stereocenters. The van der Waals surface area contributed by atoms with Gasteiger partial charge in [-0.15, -0.1) is 0 Å². The van der Waals surface area contributed by atoms with E-state index in [0.717, 1.165) is 63.7 Å². The highest BCUT2D eigenvalue weighted by Gasteiger charge is 2.20. The molecule has 0 fully saturated rings. The highest BCUT2D eigenvalue weighted by molar-refractivity contribution is 7.79. The van der Waals surface area contributed by atoms with Gasteiger partial charge in [0.05, 0.1) is 19.1 Å². The number of nitrogens with one attached hydrogen (secondary N) is 2. The third-order valence-electron chi connectivity index (χ3n) is 7.79. The first-order valence-electron chi connectivity index (χ1n) is 19.5. The lowest BCUT2D eigenvalue weighted by molar-refractivity contribution is -0.149. The van der Waals surface area contributed by atoms with Crippen molar-refractivity contribution < 1.29 is 28.7 Å². The van der Waals surface area contributed by atoms with E-state index in [9.17, 15) is 19.2 Å². The van der Waals surface area contributed by atoms with E-state index in [1.165, 1.54) is 38.5 Å². The summed E-state index contributed by atoms with van der Waals surface area (Å²) in [5.74, 6) is 0.558. The molecule has 0 radical (unpaired) electrons. The molecular weight excluding hydrogens is 625 g/mol. The van der Waals surface area contributed by atoms with Crippen molar-refractivity contribution in [2.75, 3.05) is 26.0 Å². The fraction of sp³-hybridized carbons (Fsp3) is 0.897. The number of amides is 2. The Kier molecular flexibility index (Phi) is 50.0. The molecule has 2 amide bonds. The van der Waals surface area contributed by atoms with Crippen LogP contribution in [0.5, 0.6) is 0 Å². The quantitative estimate of drug-likeness (QED) is 0.0309. The summed E-state index contributed by atoms with van der Waals surface area (Å²) in [5.41, 5.74) is 0. The molecule has 0 aliphatic rings. The molecule has 288 valence electrons. The molecule has 0 saturated carbocycles. The fourth-order valence-corrected chi connectivity index (χ4v) is 5.12. The highest BCUT2D eigenvalue weighted by Crippen LogP contribution is 2.18. The number of hydrogen-bond donors (Lipinski definition) is 3. The van der Waals surface area contributed by atoms with Gasteiger partial charge in [0.25, 0.3) is 6.47 Å². The standard InChI is InChI=1S/C26H48N2O6.C10H22.C2H6.CH4S/c1-4-7-9-16-22(14-5-2)26(32)34-20-13-11-18-27-25(31)23(15-6-3)28-24(30)17-10-8-12-19-33-21-29;1-4-6-7-9-10(3)8-5-2;2*1-2/h21-23H,4-20H2,1-3H3,(H,27,31)(H,28,30);10H,4-9H2,1-3H3;1-2H3;2H,1H3. The van der Waals surface area contributed by atoms with Crippen LogP contribution in [0.1, 0.15) is 184 Å². The Morgan fingerprint density at radius 3 is 1.81 bits per heavy atom. The second kappa shape index (κ2) is 45.2. The second-order valence-corrected chi connectivity index (χ2v) is 12.2. The van der Waals surface area contributed by atoms with Gasteiger partial charge in [-0.1, -0.05) is 126 Å². The Balaban J connectivity index is -0.000000580. The SMILES string of the molecule is CC.CCCCCC(C)CCC.CCCCCC(CCC)C(=O)OCCCCNC(=O)C(CCC)NC(=O)CCCCCOC=O.CS. The van der Waals surface area contributed by atoms with Gasteiger partial charge < -0.3 is 20.1 Å². The summed E-state index contributed by atoms with van der Waals surface area (Å²) >= 11 is 3.53. The van der Waals surface area contributed by atoms with Crippen LogP contribution in [0.2, 0.25) is 0 Å². The van der Waals surface area contributed by atoms with Crippen LogP contribution in [-0.4, -0.2) is 56.3 Å². The number of esters is 1. The van der Waals surface area contributed by atoms with Crippen LogP contribution >= 0.6 is 12.6 Å². The number of rotatable bonds is 29. The van der Waals surface area contributed by atoms with Crippen molar-refractivity contribution >= 4 is 36.9 Å². The normalized spacial score (nSPS) is 11.9.